The van der Waals surface area contributed by atoms with Gasteiger partial charge in [-0.05, 0) is 32.1 Å². The topological polar surface area (TPSA) is 75.1 Å². The van der Waals surface area contributed by atoms with Gasteiger partial charge in [0.2, 0.25) is 0 Å². The van der Waals surface area contributed by atoms with E-state index in [4.69, 9.17) is 9.47 Å². The Kier molecular flexibility index (Phi) is 9.52. The molecule has 0 amide bonds. The van der Waals surface area contributed by atoms with E-state index in [0.717, 1.165) is 51.5 Å². The molecule has 1 saturated heterocycles. The number of guanidine groups is 1. The van der Waals surface area contributed by atoms with Crippen LogP contribution < -0.4 is 10.6 Å². The van der Waals surface area contributed by atoms with E-state index in [1.54, 1.807) is 7.05 Å². The number of hydrogen-bond donors (Lipinski definition) is 3. The number of rotatable bonds is 10. The summed E-state index contributed by atoms with van der Waals surface area (Å²) in [6, 6.07) is 0. The second kappa shape index (κ2) is 10.8. The molecule has 0 saturated carbocycles. The lowest BCUT2D eigenvalue weighted by Crippen LogP contribution is -2.45. The van der Waals surface area contributed by atoms with Crippen LogP contribution in [0.1, 0.15) is 40.0 Å². The highest BCUT2D eigenvalue weighted by molar-refractivity contribution is 5.79. The van der Waals surface area contributed by atoms with E-state index < -0.39 is 0 Å². The van der Waals surface area contributed by atoms with Crippen molar-refractivity contribution in [2.45, 2.75) is 46.1 Å². The third-order valence-electron chi connectivity index (χ3n) is 4.53. The zero-order chi connectivity index (χ0) is 17.1. The Hall–Kier alpha value is -0.850. The molecule has 1 aliphatic heterocycles. The molecule has 3 N–H and O–H groups in total. The van der Waals surface area contributed by atoms with Crippen LogP contribution in [0.3, 0.4) is 0 Å². The van der Waals surface area contributed by atoms with Gasteiger partial charge in [-0.2, -0.15) is 0 Å². The Morgan fingerprint density at radius 3 is 2.70 bits per heavy atom. The average molecular weight is 329 g/mol. The molecule has 1 fully saturated rings. The van der Waals surface area contributed by atoms with Crippen molar-refractivity contribution in [2.24, 2.45) is 16.3 Å². The van der Waals surface area contributed by atoms with Gasteiger partial charge in [0.15, 0.2) is 5.96 Å². The van der Waals surface area contributed by atoms with Crippen LogP contribution in [0.15, 0.2) is 4.99 Å². The van der Waals surface area contributed by atoms with Crippen LogP contribution in [0.4, 0.5) is 0 Å². The van der Waals surface area contributed by atoms with Crippen molar-refractivity contribution in [1.82, 2.24) is 10.6 Å². The molecule has 2 atom stereocenters. The van der Waals surface area contributed by atoms with Crippen LogP contribution in [0.5, 0.6) is 0 Å². The van der Waals surface area contributed by atoms with Gasteiger partial charge in [0.05, 0.1) is 12.7 Å². The fourth-order valence-electron chi connectivity index (χ4n) is 2.96. The monoisotopic (exact) mass is 329 g/mol. The van der Waals surface area contributed by atoms with Gasteiger partial charge in [0, 0.05) is 45.4 Å². The molecule has 6 nitrogen and oxygen atoms in total. The Morgan fingerprint density at radius 1 is 1.39 bits per heavy atom. The first-order valence-corrected chi connectivity index (χ1v) is 8.81. The number of aliphatic hydroxyl groups excluding tert-OH is 1. The van der Waals surface area contributed by atoms with Gasteiger partial charge in [0.25, 0.3) is 0 Å². The van der Waals surface area contributed by atoms with Crippen LogP contribution >= 0.6 is 0 Å². The lowest BCUT2D eigenvalue weighted by atomic mass is 9.84. The van der Waals surface area contributed by atoms with Gasteiger partial charge in [-0.25, -0.2) is 0 Å². The van der Waals surface area contributed by atoms with E-state index in [0.29, 0.717) is 12.5 Å². The SMILES string of the molecule is CCOC(CCNC(=NC)NCC1(CCO)CCOC1)C(C)C. The normalized spacial score (nSPS) is 23.3. The van der Waals surface area contributed by atoms with E-state index in [-0.39, 0.29) is 18.1 Å². The first-order valence-electron chi connectivity index (χ1n) is 8.81. The molecule has 0 aromatic carbocycles. The highest BCUT2D eigenvalue weighted by Gasteiger charge is 2.34. The molecule has 0 aromatic rings. The third kappa shape index (κ3) is 7.06. The van der Waals surface area contributed by atoms with Crippen molar-refractivity contribution < 1.29 is 14.6 Å². The maximum absolute atomic E-state index is 9.28. The van der Waals surface area contributed by atoms with Gasteiger partial charge < -0.3 is 25.2 Å². The lowest BCUT2D eigenvalue weighted by molar-refractivity contribution is 0.0258. The van der Waals surface area contributed by atoms with Crippen LogP contribution in [0, 0.1) is 11.3 Å². The van der Waals surface area contributed by atoms with E-state index >= 15 is 0 Å². The van der Waals surface area contributed by atoms with Gasteiger partial charge in [-0.15, -0.1) is 0 Å². The summed E-state index contributed by atoms with van der Waals surface area (Å²) in [5.74, 6) is 1.31. The molecule has 2 unspecified atom stereocenters. The van der Waals surface area contributed by atoms with Gasteiger partial charge in [0.1, 0.15) is 0 Å². The molecule has 0 radical (unpaired) electrons. The van der Waals surface area contributed by atoms with E-state index in [1.807, 2.05) is 6.92 Å². The molecule has 0 aliphatic carbocycles. The summed E-state index contributed by atoms with van der Waals surface area (Å²) in [7, 11) is 1.78. The maximum Gasteiger partial charge on any atom is 0.190 e. The van der Waals surface area contributed by atoms with E-state index in [1.165, 1.54) is 0 Å². The predicted octanol–water partition coefficient (Wildman–Crippen LogP) is 1.39. The number of nitrogens with zero attached hydrogens (tertiary/aromatic N) is 1. The first-order chi connectivity index (χ1) is 11.1. The molecule has 0 spiro atoms. The van der Waals surface area contributed by atoms with E-state index in [9.17, 15) is 5.11 Å². The predicted molar refractivity (Wildman–Crippen MR) is 93.8 cm³/mol. The number of ether oxygens (including phenoxy) is 2. The van der Waals surface area contributed by atoms with Crippen molar-refractivity contribution >= 4 is 5.96 Å². The number of aliphatic hydroxyl groups is 1. The molecular formula is C17H35N3O3. The molecule has 23 heavy (non-hydrogen) atoms. The van der Waals surface area contributed by atoms with Crippen LogP contribution in [0.2, 0.25) is 0 Å². The molecular weight excluding hydrogens is 294 g/mol. The zero-order valence-electron chi connectivity index (χ0n) is 15.2. The summed E-state index contributed by atoms with van der Waals surface area (Å²) >= 11 is 0. The molecule has 136 valence electrons. The fourth-order valence-corrected chi connectivity index (χ4v) is 2.96. The van der Waals surface area contributed by atoms with Gasteiger partial charge in [-0.1, -0.05) is 13.8 Å². The minimum absolute atomic E-state index is 0.0260. The second-order valence-corrected chi connectivity index (χ2v) is 6.66. The minimum Gasteiger partial charge on any atom is -0.396 e. The van der Waals surface area contributed by atoms with Crippen molar-refractivity contribution in [1.29, 1.82) is 0 Å². The van der Waals surface area contributed by atoms with Gasteiger partial charge >= 0.3 is 0 Å². The summed E-state index contributed by atoms with van der Waals surface area (Å²) in [5.41, 5.74) is 0.0260. The highest BCUT2D eigenvalue weighted by Crippen LogP contribution is 2.31. The van der Waals surface area contributed by atoms with Crippen LogP contribution in [-0.4, -0.2) is 63.7 Å². The van der Waals surface area contributed by atoms with Crippen molar-refractivity contribution in [3.63, 3.8) is 0 Å². The smallest absolute Gasteiger partial charge is 0.190 e. The summed E-state index contributed by atoms with van der Waals surface area (Å²) in [4.78, 5) is 4.28. The quantitative estimate of drug-likeness (QED) is 0.417. The zero-order valence-corrected chi connectivity index (χ0v) is 15.2. The standard InChI is InChI=1S/C17H35N3O3/c1-5-23-15(14(2)3)6-9-19-16(18-4)20-12-17(7-10-21)8-11-22-13-17/h14-15,21H,5-13H2,1-4H3,(H2,18,19,20). The molecule has 1 heterocycles. The van der Waals surface area contributed by atoms with Crippen LogP contribution in [-0.2, 0) is 9.47 Å². The Morgan fingerprint density at radius 2 is 2.17 bits per heavy atom. The Balaban J connectivity index is 2.36. The Bertz CT molecular complexity index is 342. The van der Waals surface area contributed by atoms with Crippen molar-refractivity contribution in [3.05, 3.63) is 0 Å². The fraction of sp³-hybridized carbons (Fsp3) is 0.941. The highest BCUT2D eigenvalue weighted by atomic mass is 16.5. The second-order valence-electron chi connectivity index (χ2n) is 6.66. The molecule has 0 aromatic heterocycles. The lowest BCUT2D eigenvalue weighted by Gasteiger charge is -2.28. The summed E-state index contributed by atoms with van der Waals surface area (Å²) < 4.78 is 11.3. The minimum atomic E-state index is 0.0260. The van der Waals surface area contributed by atoms with E-state index in [2.05, 4.69) is 29.5 Å². The third-order valence-corrected chi connectivity index (χ3v) is 4.53. The first kappa shape index (κ1) is 20.2. The summed E-state index contributed by atoms with van der Waals surface area (Å²) in [5, 5.41) is 16.0. The molecule has 0 bridgehead atoms. The summed E-state index contributed by atoms with van der Waals surface area (Å²) in [6.45, 7) is 10.4. The molecule has 1 rings (SSSR count). The largest absolute Gasteiger partial charge is 0.396 e. The molecule has 1 aliphatic rings. The van der Waals surface area contributed by atoms with Crippen molar-refractivity contribution in [2.75, 3.05) is 46.6 Å². The van der Waals surface area contributed by atoms with Gasteiger partial charge in [-0.3, -0.25) is 4.99 Å². The Labute approximate surface area is 141 Å². The number of hydrogen-bond acceptors (Lipinski definition) is 4. The average Bonchev–Trinajstić information content (AvgIpc) is 2.98. The van der Waals surface area contributed by atoms with Crippen molar-refractivity contribution in [3.8, 4) is 0 Å². The molecule has 6 heteroatoms. The summed E-state index contributed by atoms with van der Waals surface area (Å²) in [6.07, 6.45) is 2.97. The van der Waals surface area contributed by atoms with Crippen LogP contribution in [0.25, 0.3) is 0 Å². The maximum atomic E-state index is 9.28. The number of nitrogens with one attached hydrogen (secondary N) is 2. The number of aliphatic imine (C=N–C) groups is 1.